The van der Waals surface area contributed by atoms with Gasteiger partial charge in [-0.05, 0) is 43.7 Å². The fourth-order valence-electron chi connectivity index (χ4n) is 1.83. The van der Waals surface area contributed by atoms with Gasteiger partial charge < -0.3 is 15.5 Å². The summed E-state index contributed by atoms with van der Waals surface area (Å²) < 4.78 is 5.49. The van der Waals surface area contributed by atoms with Gasteiger partial charge in [-0.15, -0.1) is 12.4 Å². The summed E-state index contributed by atoms with van der Waals surface area (Å²) >= 11 is 0. The van der Waals surface area contributed by atoms with Crippen molar-refractivity contribution in [3.05, 3.63) is 59.0 Å². The molecule has 0 aliphatic carbocycles. The van der Waals surface area contributed by atoms with E-state index < -0.39 is 0 Å². The molecule has 1 unspecified atom stereocenters. The maximum atomic E-state index is 12.1. The van der Waals surface area contributed by atoms with Gasteiger partial charge in [-0.2, -0.15) is 0 Å². The first-order valence-electron chi connectivity index (χ1n) is 6.26. The van der Waals surface area contributed by atoms with E-state index in [0.29, 0.717) is 12.1 Å². The van der Waals surface area contributed by atoms with Gasteiger partial charge in [0.25, 0.3) is 5.91 Å². The highest BCUT2D eigenvalue weighted by Gasteiger charge is 2.13. The van der Waals surface area contributed by atoms with Crippen molar-refractivity contribution < 1.29 is 9.21 Å². The van der Waals surface area contributed by atoms with Crippen LogP contribution in [0.1, 0.15) is 40.4 Å². The molecule has 1 atom stereocenters. The molecule has 2 aromatic rings. The standard InChI is InChI=1S/C15H18N2O2.ClH/c1-10-3-8-14(19-10)11(2)17-15(18)13-6-4-12(9-16)5-7-13;/h3-8,11H,9,16H2,1-2H3,(H,17,18);1H. The molecule has 20 heavy (non-hydrogen) atoms. The molecular formula is C15H19ClN2O2. The molecular weight excluding hydrogens is 276 g/mol. The Balaban J connectivity index is 0.00000200. The predicted octanol–water partition coefficient (Wildman–Crippen LogP) is 2.96. The Kier molecular flexibility index (Phi) is 5.80. The van der Waals surface area contributed by atoms with Crippen LogP contribution in [0.4, 0.5) is 0 Å². The Morgan fingerprint density at radius 2 is 1.90 bits per heavy atom. The van der Waals surface area contributed by atoms with Crippen molar-refractivity contribution in [2.45, 2.75) is 26.4 Å². The van der Waals surface area contributed by atoms with Crippen molar-refractivity contribution in [1.29, 1.82) is 0 Å². The van der Waals surface area contributed by atoms with Crippen molar-refractivity contribution in [3.8, 4) is 0 Å². The largest absolute Gasteiger partial charge is 0.464 e. The Morgan fingerprint density at radius 3 is 2.40 bits per heavy atom. The normalized spacial score (nSPS) is 11.6. The van der Waals surface area contributed by atoms with Gasteiger partial charge in [0.1, 0.15) is 11.5 Å². The van der Waals surface area contributed by atoms with Crippen molar-refractivity contribution in [1.82, 2.24) is 5.32 Å². The molecule has 0 saturated heterocycles. The number of aryl methyl sites for hydroxylation is 1. The summed E-state index contributed by atoms with van der Waals surface area (Å²) in [7, 11) is 0. The van der Waals surface area contributed by atoms with E-state index in [1.54, 1.807) is 12.1 Å². The predicted molar refractivity (Wildman–Crippen MR) is 80.9 cm³/mol. The Morgan fingerprint density at radius 1 is 1.25 bits per heavy atom. The summed E-state index contributed by atoms with van der Waals surface area (Å²) in [5, 5.41) is 2.90. The van der Waals surface area contributed by atoms with Crippen molar-refractivity contribution >= 4 is 18.3 Å². The molecule has 1 amide bonds. The summed E-state index contributed by atoms with van der Waals surface area (Å²) in [5.74, 6) is 1.47. The van der Waals surface area contributed by atoms with Gasteiger partial charge in [-0.3, -0.25) is 4.79 Å². The second-order valence-corrected chi connectivity index (χ2v) is 4.54. The zero-order valence-electron chi connectivity index (χ0n) is 11.6. The van der Waals surface area contributed by atoms with Gasteiger partial charge >= 0.3 is 0 Å². The van der Waals surface area contributed by atoms with E-state index in [4.69, 9.17) is 10.2 Å². The van der Waals surface area contributed by atoms with Gasteiger partial charge in [0, 0.05) is 12.1 Å². The minimum Gasteiger partial charge on any atom is -0.464 e. The smallest absolute Gasteiger partial charge is 0.251 e. The number of hydrogen-bond donors (Lipinski definition) is 2. The molecule has 5 heteroatoms. The van der Waals surface area contributed by atoms with E-state index in [1.807, 2.05) is 38.1 Å². The molecule has 2 rings (SSSR count). The molecule has 1 heterocycles. The van der Waals surface area contributed by atoms with Crippen LogP contribution in [0, 0.1) is 6.92 Å². The highest BCUT2D eigenvalue weighted by Crippen LogP contribution is 2.16. The lowest BCUT2D eigenvalue weighted by Crippen LogP contribution is -2.26. The van der Waals surface area contributed by atoms with Gasteiger partial charge in [0.2, 0.25) is 0 Å². The fourth-order valence-corrected chi connectivity index (χ4v) is 1.83. The maximum Gasteiger partial charge on any atom is 0.251 e. The zero-order chi connectivity index (χ0) is 13.8. The summed E-state index contributed by atoms with van der Waals surface area (Å²) in [4.78, 5) is 12.1. The van der Waals surface area contributed by atoms with Crippen LogP contribution in [-0.4, -0.2) is 5.91 Å². The number of nitrogens with one attached hydrogen (secondary N) is 1. The van der Waals surface area contributed by atoms with Crippen molar-refractivity contribution in [2.75, 3.05) is 0 Å². The van der Waals surface area contributed by atoms with Crippen LogP contribution in [0.15, 0.2) is 40.8 Å². The number of rotatable bonds is 4. The van der Waals surface area contributed by atoms with Crippen LogP contribution in [0.25, 0.3) is 0 Å². The molecule has 0 aliphatic rings. The number of hydrogen-bond acceptors (Lipinski definition) is 3. The average molecular weight is 295 g/mol. The van der Waals surface area contributed by atoms with Crippen molar-refractivity contribution in [3.63, 3.8) is 0 Å². The summed E-state index contributed by atoms with van der Waals surface area (Å²) in [5.41, 5.74) is 7.15. The van der Waals surface area contributed by atoms with Gasteiger partial charge in [-0.25, -0.2) is 0 Å². The number of amides is 1. The number of benzene rings is 1. The third kappa shape index (κ3) is 3.85. The van der Waals surface area contributed by atoms with E-state index >= 15 is 0 Å². The van der Waals surface area contributed by atoms with E-state index in [2.05, 4.69) is 5.32 Å². The van der Waals surface area contributed by atoms with E-state index in [0.717, 1.165) is 17.1 Å². The lowest BCUT2D eigenvalue weighted by molar-refractivity contribution is 0.0935. The molecule has 0 aliphatic heterocycles. The number of carbonyl (C=O) groups is 1. The molecule has 1 aromatic heterocycles. The summed E-state index contributed by atoms with van der Waals surface area (Å²) in [6, 6.07) is 10.9. The summed E-state index contributed by atoms with van der Waals surface area (Å²) in [6.45, 7) is 4.25. The minimum atomic E-state index is -0.157. The SMILES string of the molecule is Cc1ccc(C(C)NC(=O)c2ccc(CN)cc2)o1.Cl. The number of carbonyl (C=O) groups excluding carboxylic acids is 1. The number of nitrogens with two attached hydrogens (primary N) is 1. The zero-order valence-corrected chi connectivity index (χ0v) is 12.4. The highest BCUT2D eigenvalue weighted by molar-refractivity contribution is 5.94. The fraction of sp³-hybridized carbons (Fsp3) is 0.267. The molecule has 3 N–H and O–H groups in total. The molecule has 108 valence electrons. The second-order valence-electron chi connectivity index (χ2n) is 4.54. The molecule has 1 aromatic carbocycles. The lowest BCUT2D eigenvalue weighted by atomic mass is 10.1. The molecule has 0 radical (unpaired) electrons. The quantitative estimate of drug-likeness (QED) is 0.911. The topological polar surface area (TPSA) is 68.3 Å². The monoisotopic (exact) mass is 294 g/mol. The number of furan rings is 1. The van der Waals surface area contributed by atoms with Crippen LogP contribution < -0.4 is 11.1 Å². The first-order chi connectivity index (χ1) is 9.10. The van der Waals surface area contributed by atoms with E-state index in [-0.39, 0.29) is 24.4 Å². The first-order valence-corrected chi connectivity index (χ1v) is 6.26. The van der Waals surface area contributed by atoms with E-state index in [9.17, 15) is 4.79 Å². The van der Waals surface area contributed by atoms with Gasteiger partial charge in [0.15, 0.2) is 0 Å². The molecule has 0 spiro atoms. The Labute approximate surface area is 124 Å². The first kappa shape index (κ1) is 16.3. The third-order valence-electron chi connectivity index (χ3n) is 2.99. The van der Waals surface area contributed by atoms with Crippen LogP contribution in [-0.2, 0) is 6.54 Å². The molecule has 0 fully saturated rings. The maximum absolute atomic E-state index is 12.1. The van der Waals surface area contributed by atoms with Crippen LogP contribution in [0.3, 0.4) is 0 Å². The lowest BCUT2D eigenvalue weighted by Gasteiger charge is -2.11. The number of halogens is 1. The van der Waals surface area contributed by atoms with Crippen LogP contribution in [0.5, 0.6) is 0 Å². The molecule has 0 bridgehead atoms. The van der Waals surface area contributed by atoms with Crippen LogP contribution >= 0.6 is 12.4 Å². The van der Waals surface area contributed by atoms with Crippen molar-refractivity contribution in [2.24, 2.45) is 5.73 Å². The van der Waals surface area contributed by atoms with Gasteiger partial charge in [0.05, 0.1) is 6.04 Å². The Bertz CT molecular complexity index is 564. The molecule has 4 nitrogen and oxygen atoms in total. The van der Waals surface area contributed by atoms with Crippen LogP contribution in [0.2, 0.25) is 0 Å². The average Bonchev–Trinajstić information content (AvgIpc) is 2.85. The second kappa shape index (κ2) is 7.12. The highest BCUT2D eigenvalue weighted by atomic mass is 35.5. The van der Waals surface area contributed by atoms with Gasteiger partial charge in [-0.1, -0.05) is 12.1 Å². The molecule has 0 saturated carbocycles. The van der Waals surface area contributed by atoms with E-state index in [1.165, 1.54) is 0 Å². The summed E-state index contributed by atoms with van der Waals surface area (Å²) in [6.07, 6.45) is 0. The third-order valence-corrected chi connectivity index (χ3v) is 2.99. The minimum absolute atomic E-state index is 0. The Hall–Kier alpha value is -1.78.